The molecule has 1 aromatic carbocycles. The molecule has 6 heteroatoms. The van der Waals surface area contributed by atoms with Gasteiger partial charge in [-0.2, -0.15) is 0 Å². The van der Waals surface area contributed by atoms with Gasteiger partial charge in [0.15, 0.2) is 0 Å². The summed E-state index contributed by atoms with van der Waals surface area (Å²) in [6.07, 6.45) is 1.86. The summed E-state index contributed by atoms with van der Waals surface area (Å²) >= 11 is 0. The van der Waals surface area contributed by atoms with Gasteiger partial charge in [0.25, 0.3) is 0 Å². The number of amides is 1. The normalized spacial score (nSPS) is 17.0. The Labute approximate surface area is 130 Å². The highest BCUT2D eigenvalue weighted by atomic mass is 35.5. The molecule has 1 heterocycles. The van der Waals surface area contributed by atoms with Crippen LogP contribution in [0.25, 0.3) is 0 Å². The van der Waals surface area contributed by atoms with E-state index in [4.69, 9.17) is 4.74 Å². The lowest BCUT2D eigenvalue weighted by molar-refractivity contribution is -0.117. The molecule has 0 bridgehead atoms. The zero-order valence-electron chi connectivity index (χ0n) is 12.5. The standard InChI is InChI=1S/C15H20N2O3.ClH/c1-9-7-11(8-12(10(9)2)15(19)20-3)17-14(18)13-5-4-6-16-13;/h7-8,13,16H,4-6H2,1-3H3,(H,17,18);1H. The molecule has 1 atom stereocenters. The highest BCUT2D eigenvalue weighted by molar-refractivity contribution is 5.98. The van der Waals surface area contributed by atoms with E-state index in [2.05, 4.69) is 10.6 Å². The van der Waals surface area contributed by atoms with E-state index in [0.29, 0.717) is 11.3 Å². The molecule has 0 saturated carbocycles. The van der Waals surface area contributed by atoms with Crippen molar-refractivity contribution in [3.05, 3.63) is 28.8 Å². The topological polar surface area (TPSA) is 67.4 Å². The van der Waals surface area contributed by atoms with Crippen LogP contribution in [0.5, 0.6) is 0 Å². The Kier molecular flexibility index (Phi) is 6.18. The summed E-state index contributed by atoms with van der Waals surface area (Å²) in [7, 11) is 1.35. The number of carbonyl (C=O) groups is 2. The second-order valence-electron chi connectivity index (χ2n) is 5.10. The van der Waals surface area contributed by atoms with Gasteiger partial charge < -0.3 is 15.4 Å². The molecular weight excluding hydrogens is 292 g/mol. The van der Waals surface area contributed by atoms with Crippen LogP contribution in [0.1, 0.15) is 34.3 Å². The Morgan fingerprint density at radius 3 is 2.62 bits per heavy atom. The van der Waals surface area contributed by atoms with Crippen LogP contribution >= 0.6 is 12.4 Å². The molecule has 0 aromatic heterocycles. The summed E-state index contributed by atoms with van der Waals surface area (Å²) in [5.41, 5.74) is 2.94. The lowest BCUT2D eigenvalue weighted by Crippen LogP contribution is -2.35. The van der Waals surface area contributed by atoms with E-state index in [9.17, 15) is 9.59 Å². The quantitative estimate of drug-likeness (QED) is 0.840. The summed E-state index contributed by atoms with van der Waals surface area (Å²) < 4.78 is 4.77. The van der Waals surface area contributed by atoms with E-state index in [-0.39, 0.29) is 30.3 Å². The van der Waals surface area contributed by atoms with Crippen LogP contribution in [0.15, 0.2) is 12.1 Å². The number of esters is 1. The van der Waals surface area contributed by atoms with Gasteiger partial charge in [-0.1, -0.05) is 0 Å². The van der Waals surface area contributed by atoms with Crippen molar-refractivity contribution in [1.82, 2.24) is 5.32 Å². The first-order valence-corrected chi connectivity index (χ1v) is 6.76. The van der Waals surface area contributed by atoms with E-state index in [1.165, 1.54) is 7.11 Å². The molecule has 2 N–H and O–H groups in total. The fourth-order valence-corrected chi connectivity index (χ4v) is 2.39. The molecule has 1 aromatic rings. The predicted molar refractivity (Wildman–Crippen MR) is 84.2 cm³/mol. The zero-order chi connectivity index (χ0) is 14.7. The van der Waals surface area contributed by atoms with Gasteiger partial charge in [-0.25, -0.2) is 4.79 Å². The molecule has 0 radical (unpaired) electrons. The van der Waals surface area contributed by atoms with Gasteiger partial charge in [0.05, 0.1) is 18.7 Å². The van der Waals surface area contributed by atoms with Gasteiger partial charge >= 0.3 is 5.97 Å². The van der Waals surface area contributed by atoms with E-state index in [1.807, 2.05) is 19.9 Å². The Balaban J connectivity index is 0.00000220. The zero-order valence-corrected chi connectivity index (χ0v) is 13.3. The number of nitrogens with one attached hydrogen (secondary N) is 2. The number of hydrogen-bond donors (Lipinski definition) is 2. The third-order valence-electron chi connectivity index (χ3n) is 3.72. The van der Waals surface area contributed by atoms with Gasteiger partial charge in [-0.15, -0.1) is 12.4 Å². The minimum absolute atomic E-state index is 0. The van der Waals surface area contributed by atoms with Crippen LogP contribution in [0.3, 0.4) is 0 Å². The van der Waals surface area contributed by atoms with Gasteiger partial charge in [-0.3, -0.25) is 4.79 Å². The number of carbonyl (C=O) groups excluding carboxylic acids is 2. The summed E-state index contributed by atoms with van der Waals surface area (Å²) in [6, 6.07) is 3.40. The maximum Gasteiger partial charge on any atom is 0.338 e. The smallest absolute Gasteiger partial charge is 0.338 e. The minimum Gasteiger partial charge on any atom is -0.465 e. The van der Waals surface area contributed by atoms with Crippen LogP contribution < -0.4 is 10.6 Å². The molecule has 1 aliphatic heterocycles. The van der Waals surface area contributed by atoms with Crippen molar-refractivity contribution in [2.24, 2.45) is 0 Å². The summed E-state index contributed by atoms with van der Waals surface area (Å²) in [6.45, 7) is 4.65. The predicted octanol–water partition coefficient (Wildman–Crippen LogP) is 2.20. The largest absolute Gasteiger partial charge is 0.465 e. The number of benzene rings is 1. The molecule has 1 amide bonds. The maximum atomic E-state index is 12.1. The highest BCUT2D eigenvalue weighted by Crippen LogP contribution is 2.21. The summed E-state index contributed by atoms with van der Waals surface area (Å²) in [4.78, 5) is 23.8. The SMILES string of the molecule is COC(=O)c1cc(NC(=O)C2CCCN2)cc(C)c1C.Cl. The Hall–Kier alpha value is -1.59. The number of rotatable bonds is 3. The number of aryl methyl sites for hydroxylation is 1. The first-order chi connectivity index (χ1) is 9.52. The fraction of sp³-hybridized carbons (Fsp3) is 0.467. The Morgan fingerprint density at radius 1 is 1.33 bits per heavy atom. The van der Waals surface area contributed by atoms with Crippen LogP contribution in [-0.4, -0.2) is 31.6 Å². The molecule has 21 heavy (non-hydrogen) atoms. The van der Waals surface area contributed by atoms with Crippen molar-refractivity contribution in [3.63, 3.8) is 0 Å². The molecule has 5 nitrogen and oxygen atoms in total. The number of anilines is 1. The van der Waals surface area contributed by atoms with Crippen LogP contribution in [0.2, 0.25) is 0 Å². The van der Waals surface area contributed by atoms with Crippen molar-refractivity contribution in [3.8, 4) is 0 Å². The third-order valence-corrected chi connectivity index (χ3v) is 3.72. The van der Waals surface area contributed by atoms with Crippen molar-refractivity contribution in [2.45, 2.75) is 32.7 Å². The average Bonchev–Trinajstić information content (AvgIpc) is 2.96. The van der Waals surface area contributed by atoms with Gasteiger partial charge in [0.2, 0.25) is 5.91 Å². The molecule has 1 fully saturated rings. The highest BCUT2D eigenvalue weighted by Gasteiger charge is 2.22. The molecule has 116 valence electrons. The maximum absolute atomic E-state index is 12.1. The Bertz CT molecular complexity index is 540. The van der Waals surface area contributed by atoms with E-state index in [1.54, 1.807) is 6.07 Å². The van der Waals surface area contributed by atoms with Crippen LogP contribution in [0.4, 0.5) is 5.69 Å². The summed E-state index contributed by atoms with van der Waals surface area (Å²) in [5, 5.41) is 6.01. The number of ether oxygens (including phenoxy) is 1. The summed E-state index contributed by atoms with van der Waals surface area (Å²) in [5.74, 6) is -0.442. The number of hydrogen-bond acceptors (Lipinski definition) is 4. The van der Waals surface area contributed by atoms with Crippen LogP contribution in [0, 0.1) is 13.8 Å². The lowest BCUT2D eigenvalue weighted by atomic mass is 10.0. The second-order valence-corrected chi connectivity index (χ2v) is 5.10. The molecule has 1 unspecified atom stereocenters. The number of methoxy groups -OCH3 is 1. The number of halogens is 1. The lowest BCUT2D eigenvalue weighted by Gasteiger charge is -2.14. The molecule has 0 aliphatic carbocycles. The molecule has 0 spiro atoms. The van der Waals surface area contributed by atoms with E-state index < -0.39 is 0 Å². The average molecular weight is 313 g/mol. The first kappa shape index (κ1) is 17.5. The van der Waals surface area contributed by atoms with Crippen molar-refractivity contribution >= 4 is 30.0 Å². The molecular formula is C15H21ClN2O3. The minimum atomic E-state index is -0.388. The van der Waals surface area contributed by atoms with Gasteiger partial charge in [0.1, 0.15) is 0 Å². The van der Waals surface area contributed by atoms with Crippen molar-refractivity contribution in [2.75, 3.05) is 19.0 Å². The van der Waals surface area contributed by atoms with Crippen molar-refractivity contribution < 1.29 is 14.3 Å². The van der Waals surface area contributed by atoms with E-state index in [0.717, 1.165) is 30.5 Å². The Morgan fingerprint density at radius 2 is 2.05 bits per heavy atom. The molecule has 2 rings (SSSR count). The first-order valence-electron chi connectivity index (χ1n) is 6.76. The second kappa shape index (κ2) is 7.43. The van der Waals surface area contributed by atoms with Crippen LogP contribution in [-0.2, 0) is 9.53 Å². The van der Waals surface area contributed by atoms with Crippen molar-refractivity contribution in [1.29, 1.82) is 0 Å². The third kappa shape index (κ3) is 3.95. The van der Waals surface area contributed by atoms with E-state index >= 15 is 0 Å². The molecule has 1 saturated heterocycles. The van der Waals surface area contributed by atoms with Gasteiger partial charge in [0, 0.05) is 5.69 Å². The molecule has 1 aliphatic rings. The van der Waals surface area contributed by atoms with Gasteiger partial charge in [-0.05, 0) is 56.5 Å². The monoisotopic (exact) mass is 312 g/mol. The fourth-order valence-electron chi connectivity index (χ4n) is 2.39.